The molecule has 2 aliphatic carbocycles. The van der Waals surface area contributed by atoms with Gasteiger partial charge in [-0.25, -0.2) is 14.8 Å². The summed E-state index contributed by atoms with van der Waals surface area (Å²) in [5, 5.41) is 6.58. The molecule has 120 valence electrons. The van der Waals surface area contributed by atoms with Gasteiger partial charge in [0, 0.05) is 0 Å². The van der Waals surface area contributed by atoms with E-state index in [4.69, 9.17) is 9.99 Å². The first-order valence-electron chi connectivity index (χ1n) is 6.33. The fourth-order valence-corrected chi connectivity index (χ4v) is 3.08. The summed E-state index contributed by atoms with van der Waals surface area (Å²) in [5.41, 5.74) is 0. The SMILES string of the molecule is O=C(COC(=O)C(F)(F)SOOO)OC1CC2CCC1C2. The van der Waals surface area contributed by atoms with E-state index in [1.807, 2.05) is 0 Å². The van der Waals surface area contributed by atoms with E-state index in [1.165, 1.54) is 0 Å². The lowest BCUT2D eigenvalue weighted by molar-refractivity contribution is -0.433. The number of alkyl halides is 2. The van der Waals surface area contributed by atoms with Gasteiger partial charge in [-0.3, -0.25) is 0 Å². The molecule has 0 aromatic rings. The van der Waals surface area contributed by atoms with Crippen molar-refractivity contribution in [1.82, 2.24) is 0 Å². The third-order valence-corrected chi connectivity index (χ3v) is 4.19. The van der Waals surface area contributed by atoms with Gasteiger partial charge in [-0.2, -0.15) is 8.78 Å². The minimum absolute atomic E-state index is 0.212. The molecule has 1 N–H and O–H groups in total. The van der Waals surface area contributed by atoms with Gasteiger partial charge in [-0.1, -0.05) is 5.04 Å². The molecule has 0 radical (unpaired) electrons. The molecule has 3 unspecified atom stereocenters. The van der Waals surface area contributed by atoms with Gasteiger partial charge in [0.25, 0.3) is 0 Å². The normalized spacial score (nSPS) is 27.7. The maximum absolute atomic E-state index is 13.0. The highest BCUT2D eigenvalue weighted by atomic mass is 32.2. The first-order chi connectivity index (χ1) is 9.92. The largest absolute Gasteiger partial charge is 0.460 e. The predicted octanol–water partition coefficient (Wildman–Crippen LogP) is 1.92. The van der Waals surface area contributed by atoms with Crippen molar-refractivity contribution < 1.29 is 42.5 Å². The Balaban J connectivity index is 1.70. The van der Waals surface area contributed by atoms with Crippen LogP contribution in [0.1, 0.15) is 25.7 Å². The van der Waals surface area contributed by atoms with Crippen LogP contribution in [0.2, 0.25) is 0 Å². The van der Waals surface area contributed by atoms with Gasteiger partial charge in [0.05, 0.1) is 0 Å². The molecule has 3 atom stereocenters. The molecule has 2 fully saturated rings. The number of ether oxygens (including phenoxy) is 2. The summed E-state index contributed by atoms with van der Waals surface area (Å²) in [6.07, 6.45) is 3.71. The van der Waals surface area contributed by atoms with Gasteiger partial charge in [0.1, 0.15) is 18.1 Å². The number of fused-ring (bicyclic) bond motifs is 2. The van der Waals surface area contributed by atoms with Crippen LogP contribution in [0.3, 0.4) is 0 Å². The second kappa shape index (κ2) is 6.86. The van der Waals surface area contributed by atoms with Gasteiger partial charge in [0.15, 0.2) is 6.61 Å². The summed E-state index contributed by atoms with van der Waals surface area (Å²) < 4.78 is 38.8. The molecule has 0 saturated heterocycles. The van der Waals surface area contributed by atoms with Crippen LogP contribution in [-0.2, 0) is 28.4 Å². The summed E-state index contributed by atoms with van der Waals surface area (Å²) in [7, 11) is 0. The number of carbonyl (C=O) groups excluding carboxylic acids is 2. The van der Waals surface area contributed by atoms with Gasteiger partial charge >= 0.3 is 17.2 Å². The monoisotopic (exact) mass is 328 g/mol. The lowest BCUT2D eigenvalue weighted by Crippen LogP contribution is -2.31. The quantitative estimate of drug-likeness (QED) is 0.328. The first kappa shape index (κ1) is 16.4. The van der Waals surface area contributed by atoms with Crippen LogP contribution in [0.25, 0.3) is 0 Å². The maximum Gasteiger partial charge on any atom is 0.415 e. The zero-order valence-corrected chi connectivity index (χ0v) is 11.6. The van der Waals surface area contributed by atoms with E-state index in [0.717, 1.165) is 25.7 Å². The highest BCUT2D eigenvalue weighted by molar-refractivity contribution is 7.96. The third kappa shape index (κ3) is 4.25. The van der Waals surface area contributed by atoms with Crippen molar-refractivity contribution in [2.24, 2.45) is 11.8 Å². The van der Waals surface area contributed by atoms with Crippen molar-refractivity contribution in [2.75, 3.05) is 6.61 Å². The maximum atomic E-state index is 13.0. The van der Waals surface area contributed by atoms with E-state index >= 15 is 0 Å². The number of rotatable bonds is 7. The molecule has 2 aliphatic rings. The van der Waals surface area contributed by atoms with E-state index in [0.29, 0.717) is 11.8 Å². The van der Waals surface area contributed by atoms with E-state index in [2.05, 4.69) is 14.1 Å². The molecule has 2 bridgehead atoms. The number of halogens is 2. The second-order valence-corrected chi connectivity index (χ2v) is 5.84. The van der Waals surface area contributed by atoms with Crippen molar-refractivity contribution in [3.05, 3.63) is 0 Å². The molecule has 0 spiro atoms. The zero-order chi connectivity index (χ0) is 15.5. The molecular formula is C11H14F2O7S. The zero-order valence-electron chi connectivity index (χ0n) is 10.8. The Morgan fingerprint density at radius 3 is 2.62 bits per heavy atom. The van der Waals surface area contributed by atoms with Crippen molar-refractivity contribution >= 4 is 24.0 Å². The van der Waals surface area contributed by atoms with Crippen LogP contribution >= 0.6 is 12.0 Å². The molecule has 21 heavy (non-hydrogen) atoms. The Kier molecular flexibility index (Phi) is 5.36. The lowest BCUT2D eigenvalue weighted by atomic mass is 9.98. The minimum atomic E-state index is -4.12. The van der Waals surface area contributed by atoms with E-state index in [1.54, 1.807) is 0 Å². The van der Waals surface area contributed by atoms with Crippen LogP contribution in [0, 0.1) is 11.8 Å². The van der Waals surface area contributed by atoms with Crippen molar-refractivity contribution in [1.29, 1.82) is 0 Å². The van der Waals surface area contributed by atoms with Gasteiger partial charge in [-0.05, 0) is 37.5 Å². The number of hydrogen-bond acceptors (Lipinski definition) is 8. The van der Waals surface area contributed by atoms with Crippen LogP contribution in [0.15, 0.2) is 0 Å². The first-order valence-corrected chi connectivity index (χ1v) is 7.07. The highest BCUT2D eigenvalue weighted by Gasteiger charge is 2.45. The molecule has 0 amide bonds. The van der Waals surface area contributed by atoms with E-state index in [9.17, 15) is 18.4 Å². The van der Waals surface area contributed by atoms with Crippen LogP contribution in [0.4, 0.5) is 8.78 Å². The molecule has 7 nitrogen and oxygen atoms in total. The topological polar surface area (TPSA) is 91.3 Å². The summed E-state index contributed by atoms with van der Waals surface area (Å²) in [6, 6.07) is 0. The van der Waals surface area contributed by atoms with Crippen molar-refractivity contribution in [3.8, 4) is 0 Å². The van der Waals surface area contributed by atoms with Gasteiger partial charge in [0.2, 0.25) is 0 Å². The van der Waals surface area contributed by atoms with Crippen LogP contribution in [-0.4, -0.2) is 35.2 Å². The Morgan fingerprint density at radius 1 is 1.29 bits per heavy atom. The third-order valence-electron chi connectivity index (χ3n) is 3.68. The standard InChI is InChI=1S/C11H14F2O7S/c12-11(13,21-20-19-16)10(15)17-5-9(14)18-8-4-6-1-2-7(8)3-6/h6-8,16H,1-5H2. The number of carbonyl (C=O) groups is 2. The van der Waals surface area contributed by atoms with Crippen molar-refractivity contribution in [3.63, 3.8) is 0 Å². The average Bonchev–Trinajstić information content (AvgIpc) is 3.05. The molecule has 2 saturated carbocycles. The van der Waals surface area contributed by atoms with Crippen molar-refractivity contribution in [2.45, 2.75) is 37.0 Å². The Morgan fingerprint density at radius 2 is 2.05 bits per heavy atom. The number of esters is 2. The fraction of sp³-hybridized carbons (Fsp3) is 0.818. The van der Waals surface area contributed by atoms with E-state index in [-0.39, 0.29) is 6.10 Å². The van der Waals surface area contributed by atoms with Gasteiger partial charge in [-0.15, -0.1) is 4.33 Å². The molecular weight excluding hydrogens is 314 g/mol. The van der Waals surface area contributed by atoms with Crippen LogP contribution < -0.4 is 0 Å². The summed E-state index contributed by atoms with van der Waals surface area (Å²) >= 11 is -0.751. The molecule has 2 rings (SSSR count). The van der Waals surface area contributed by atoms with E-state index < -0.39 is 35.8 Å². The Labute approximate surface area is 122 Å². The second-order valence-electron chi connectivity index (χ2n) is 5.02. The average molecular weight is 328 g/mol. The summed E-state index contributed by atoms with van der Waals surface area (Å²) in [5.74, 6) is -1.97. The lowest BCUT2D eigenvalue weighted by Gasteiger charge is -2.21. The fourth-order valence-electron chi connectivity index (χ4n) is 2.83. The highest BCUT2D eigenvalue weighted by Crippen LogP contribution is 2.45. The Bertz CT molecular complexity index is 406. The summed E-state index contributed by atoms with van der Waals surface area (Å²) in [4.78, 5) is 22.5. The molecule has 10 heteroatoms. The molecule has 0 heterocycles. The summed E-state index contributed by atoms with van der Waals surface area (Å²) in [6.45, 7) is -0.900. The molecule has 0 aliphatic heterocycles. The van der Waals surface area contributed by atoms with Crippen LogP contribution in [0.5, 0.6) is 0 Å². The number of hydrogen-bond donors (Lipinski definition) is 1. The minimum Gasteiger partial charge on any atom is -0.460 e. The van der Waals surface area contributed by atoms with Gasteiger partial charge < -0.3 is 9.47 Å². The predicted molar refractivity (Wildman–Crippen MR) is 63.6 cm³/mol. The molecule has 0 aromatic carbocycles. The molecule has 0 aromatic heterocycles. The Hall–Kier alpha value is -0.970. The smallest absolute Gasteiger partial charge is 0.415 e.